The van der Waals surface area contributed by atoms with E-state index in [0.717, 1.165) is 5.56 Å². The number of nitrogens with zero attached hydrogens (tertiary/aromatic N) is 1. The van der Waals surface area contributed by atoms with Crippen LogP contribution < -0.4 is 10.7 Å². The zero-order valence-electron chi connectivity index (χ0n) is 10.1. The van der Waals surface area contributed by atoms with Crippen molar-refractivity contribution < 1.29 is 9.63 Å². The summed E-state index contributed by atoms with van der Waals surface area (Å²) in [6, 6.07) is 9.31. The molecule has 1 aromatic carbocycles. The van der Waals surface area contributed by atoms with Gasteiger partial charge in [-0.25, -0.2) is 10.2 Å². The van der Waals surface area contributed by atoms with Crippen LogP contribution in [0.2, 0.25) is 0 Å². The Morgan fingerprint density at radius 3 is 2.65 bits per heavy atom. The van der Waals surface area contributed by atoms with Crippen molar-refractivity contribution in [2.45, 2.75) is 13.5 Å². The SMILES string of the molecule is C=C(C)ON(C)NC(=O)NCc1ccccc1. The Hall–Kier alpha value is -2.01. The first-order valence-electron chi connectivity index (χ1n) is 5.23. The van der Waals surface area contributed by atoms with Crippen LogP contribution in [-0.4, -0.2) is 18.3 Å². The van der Waals surface area contributed by atoms with Crippen LogP contribution in [0.15, 0.2) is 42.7 Å². The predicted octanol–water partition coefficient (Wildman–Crippen LogP) is 1.80. The van der Waals surface area contributed by atoms with Gasteiger partial charge in [0.2, 0.25) is 0 Å². The van der Waals surface area contributed by atoms with Gasteiger partial charge in [-0.05, 0) is 12.5 Å². The van der Waals surface area contributed by atoms with Crippen LogP contribution in [0.1, 0.15) is 12.5 Å². The minimum Gasteiger partial charge on any atom is -0.392 e. The molecule has 5 heteroatoms. The number of carbonyl (C=O) groups is 1. The van der Waals surface area contributed by atoms with Crippen molar-refractivity contribution >= 4 is 6.03 Å². The summed E-state index contributed by atoms with van der Waals surface area (Å²) in [7, 11) is 1.58. The lowest BCUT2D eigenvalue weighted by Crippen LogP contribution is -2.44. The topological polar surface area (TPSA) is 53.6 Å². The van der Waals surface area contributed by atoms with E-state index in [1.54, 1.807) is 14.0 Å². The Labute approximate surface area is 101 Å². The molecular formula is C12H17N3O2. The van der Waals surface area contributed by atoms with E-state index >= 15 is 0 Å². The first-order chi connectivity index (χ1) is 8.08. The van der Waals surface area contributed by atoms with Gasteiger partial charge in [0.15, 0.2) is 0 Å². The second-order valence-electron chi connectivity index (χ2n) is 3.57. The largest absolute Gasteiger partial charge is 0.392 e. The number of urea groups is 1. The van der Waals surface area contributed by atoms with Gasteiger partial charge in [0.25, 0.3) is 0 Å². The molecule has 0 aromatic heterocycles. The van der Waals surface area contributed by atoms with E-state index in [-0.39, 0.29) is 6.03 Å². The van der Waals surface area contributed by atoms with Gasteiger partial charge in [0.05, 0.1) is 0 Å². The summed E-state index contributed by atoms with van der Waals surface area (Å²) in [5.41, 5.74) is 3.52. The van der Waals surface area contributed by atoms with Crippen molar-refractivity contribution in [3.05, 3.63) is 48.2 Å². The first kappa shape index (κ1) is 13.1. The molecule has 1 rings (SSSR count). The summed E-state index contributed by atoms with van der Waals surface area (Å²) in [5, 5.41) is 3.90. The van der Waals surface area contributed by atoms with Gasteiger partial charge in [-0.15, -0.1) is 0 Å². The molecular weight excluding hydrogens is 218 g/mol. The molecule has 0 aliphatic rings. The third kappa shape index (κ3) is 5.58. The molecule has 0 spiro atoms. The van der Waals surface area contributed by atoms with Gasteiger partial charge in [0, 0.05) is 13.6 Å². The molecule has 0 saturated heterocycles. The predicted molar refractivity (Wildman–Crippen MR) is 65.5 cm³/mol. The molecule has 5 nitrogen and oxygen atoms in total. The maximum atomic E-state index is 11.4. The molecule has 0 bridgehead atoms. The van der Waals surface area contributed by atoms with Crippen LogP contribution in [-0.2, 0) is 11.4 Å². The zero-order chi connectivity index (χ0) is 12.7. The molecule has 1 aromatic rings. The summed E-state index contributed by atoms with van der Waals surface area (Å²) < 4.78 is 0. The van der Waals surface area contributed by atoms with E-state index in [1.165, 1.54) is 5.17 Å². The second kappa shape index (κ2) is 6.55. The molecule has 0 unspecified atom stereocenters. The Kier molecular flexibility index (Phi) is 5.03. The number of nitrogens with one attached hydrogen (secondary N) is 2. The van der Waals surface area contributed by atoms with E-state index in [0.29, 0.717) is 12.3 Å². The van der Waals surface area contributed by atoms with Crippen LogP contribution in [0.4, 0.5) is 4.79 Å². The van der Waals surface area contributed by atoms with Crippen molar-refractivity contribution in [3.8, 4) is 0 Å². The van der Waals surface area contributed by atoms with Gasteiger partial charge >= 0.3 is 6.03 Å². The van der Waals surface area contributed by atoms with E-state index in [1.807, 2.05) is 30.3 Å². The lowest BCUT2D eigenvalue weighted by molar-refractivity contribution is -0.125. The van der Waals surface area contributed by atoms with Gasteiger partial charge in [-0.3, -0.25) is 0 Å². The van der Waals surface area contributed by atoms with Crippen molar-refractivity contribution in [2.24, 2.45) is 0 Å². The maximum absolute atomic E-state index is 11.4. The summed E-state index contributed by atoms with van der Waals surface area (Å²) in [6.07, 6.45) is 0. The highest BCUT2D eigenvalue weighted by Crippen LogP contribution is 1.97. The number of hydrazine groups is 1. The number of rotatable bonds is 5. The quantitative estimate of drug-likeness (QED) is 0.604. The van der Waals surface area contributed by atoms with Gasteiger partial charge < -0.3 is 10.2 Å². The fourth-order valence-electron chi connectivity index (χ4n) is 1.22. The zero-order valence-corrected chi connectivity index (χ0v) is 10.1. The van der Waals surface area contributed by atoms with Crippen LogP contribution in [0.3, 0.4) is 0 Å². The van der Waals surface area contributed by atoms with Crippen molar-refractivity contribution in [1.29, 1.82) is 0 Å². The van der Waals surface area contributed by atoms with Crippen LogP contribution in [0, 0.1) is 0 Å². The van der Waals surface area contributed by atoms with Crippen molar-refractivity contribution in [3.63, 3.8) is 0 Å². The number of hydroxylamine groups is 1. The number of hydrogen-bond donors (Lipinski definition) is 2. The van der Waals surface area contributed by atoms with Crippen LogP contribution in [0.25, 0.3) is 0 Å². The van der Waals surface area contributed by atoms with E-state index in [4.69, 9.17) is 4.84 Å². The van der Waals surface area contributed by atoms with E-state index in [2.05, 4.69) is 17.3 Å². The molecule has 0 aliphatic heterocycles. The van der Waals surface area contributed by atoms with E-state index < -0.39 is 0 Å². The lowest BCUT2D eigenvalue weighted by atomic mass is 10.2. The Morgan fingerprint density at radius 1 is 1.41 bits per heavy atom. The average molecular weight is 235 g/mol. The molecule has 0 saturated carbocycles. The standard InChI is InChI=1S/C12H17N3O2/c1-10(2)17-15(3)14-12(16)13-9-11-7-5-4-6-8-11/h4-8H,1,9H2,2-3H3,(H2,13,14,16). The highest BCUT2D eigenvalue weighted by molar-refractivity contribution is 5.73. The minimum absolute atomic E-state index is 0.336. The molecule has 0 radical (unpaired) electrons. The number of hydrogen-bond acceptors (Lipinski definition) is 3. The third-order valence-electron chi connectivity index (χ3n) is 1.85. The first-order valence-corrected chi connectivity index (χ1v) is 5.23. The fraction of sp³-hybridized carbons (Fsp3) is 0.250. The number of allylic oxidation sites excluding steroid dienone is 1. The Balaban J connectivity index is 2.28. The summed E-state index contributed by atoms with van der Waals surface area (Å²) in [5.74, 6) is 0.496. The summed E-state index contributed by atoms with van der Waals surface area (Å²) in [4.78, 5) is 16.5. The van der Waals surface area contributed by atoms with E-state index in [9.17, 15) is 4.79 Å². The fourth-order valence-corrected chi connectivity index (χ4v) is 1.22. The van der Waals surface area contributed by atoms with Gasteiger partial charge in [0.1, 0.15) is 5.76 Å². The minimum atomic E-state index is -0.336. The Morgan fingerprint density at radius 2 is 2.06 bits per heavy atom. The average Bonchev–Trinajstić information content (AvgIpc) is 2.26. The molecule has 0 aliphatic carbocycles. The number of amides is 2. The van der Waals surface area contributed by atoms with Gasteiger partial charge in [-0.1, -0.05) is 42.1 Å². The van der Waals surface area contributed by atoms with Crippen molar-refractivity contribution in [2.75, 3.05) is 7.05 Å². The molecule has 2 amide bonds. The molecule has 0 atom stereocenters. The molecule has 0 fully saturated rings. The Bertz CT molecular complexity index is 379. The third-order valence-corrected chi connectivity index (χ3v) is 1.85. The number of carbonyl (C=O) groups excluding carboxylic acids is 1. The number of benzene rings is 1. The maximum Gasteiger partial charge on any atom is 0.332 e. The smallest absolute Gasteiger partial charge is 0.332 e. The summed E-state index contributed by atoms with van der Waals surface area (Å²) >= 11 is 0. The van der Waals surface area contributed by atoms with Gasteiger partial charge in [-0.2, -0.15) is 0 Å². The summed E-state index contributed by atoms with van der Waals surface area (Å²) in [6.45, 7) is 5.72. The molecule has 92 valence electrons. The highest BCUT2D eigenvalue weighted by Gasteiger charge is 2.04. The molecule has 2 N–H and O–H groups in total. The van der Waals surface area contributed by atoms with Crippen LogP contribution in [0.5, 0.6) is 0 Å². The molecule has 0 heterocycles. The van der Waals surface area contributed by atoms with Crippen molar-refractivity contribution in [1.82, 2.24) is 15.9 Å². The molecule has 17 heavy (non-hydrogen) atoms. The monoisotopic (exact) mass is 235 g/mol. The lowest BCUT2D eigenvalue weighted by Gasteiger charge is -2.18. The highest BCUT2D eigenvalue weighted by atomic mass is 16.7. The second-order valence-corrected chi connectivity index (χ2v) is 3.57. The van der Waals surface area contributed by atoms with Crippen LogP contribution >= 0.6 is 0 Å². The normalized spacial score (nSPS) is 9.82.